The van der Waals surface area contributed by atoms with Crippen molar-refractivity contribution >= 4 is 11.8 Å². The van der Waals surface area contributed by atoms with E-state index in [9.17, 15) is 14.0 Å². The zero-order valence-electron chi connectivity index (χ0n) is 23.1. The first-order chi connectivity index (χ1) is 18.9. The molecule has 0 bridgehead atoms. The maximum atomic E-state index is 13.9. The van der Waals surface area contributed by atoms with Crippen LogP contribution in [0.1, 0.15) is 63.6 Å². The van der Waals surface area contributed by atoms with Gasteiger partial charge in [-0.3, -0.25) is 9.59 Å². The van der Waals surface area contributed by atoms with Gasteiger partial charge in [-0.15, -0.1) is 0 Å². The molecule has 39 heavy (non-hydrogen) atoms. The van der Waals surface area contributed by atoms with Crippen LogP contribution in [0.4, 0.5) is 4.39 Å². The summed E-state index contributed by atoms with van der Waals surface area (Å²) in [6, 6.07) is 19.9. The highest BCUT2D eigenvalue weighted by molar-refractivity contribution is 5.86. The highest BCUT2D eigenvalue weighted by atomic mass is 19.1. The quantitative estimate of drug-likeness (QED) is 0.285. The second kappa shape index (κ2) is 14.0. The van der Waals surface area contributed by atoms with Gasteiger partial charge in [-0.2, -0.15) is 0 Å². The molecule has 0 aliphatic heterocycles. The van der Waals surface area contributed by atoms with Gasteiger partial charge in [0.05, 0.1) is 6.54 Å². The van der Waals surface area contributed by atoms with E-state index in [1.165, 1.54) is 18.6 Å². The summed E-state index contributed by atoms with van der Waals surface area (Å²) >= 11 is 0. The Bertz CT molecular complexity index is 1190. The molecule has 4 rings (SSSR count). The monoisotopic (exact) mass is 533 g/mol. The molecule has 1 aliphatic carbocycles. The first kappa shape index (κ1) is 28.4. The molecule has 208 valence electrons. The van der Waals surface area contributed by atoms with Crippen LogP contribution in [-0.4, -0.2) is 51.4 Å². The van der Waals surface area contributed by atoms with Gasteiger partial charge in [0.2, 0.25) is 5.91 Å². The Labute approximate surface area is 231 Å². The van der Waals surface area contributed by atoms with Crippen LogP contribution in [0.25, 0.3) is 0 Å². The molecule has 1 saturated carbocycles. The third-order valence-corrected chi connectivity index (χ3v) is 7.71. The molecule has 1 heterocycles. The molecule has 1 fully saturated rings. The van der Waals surface area contributed by atoms with E-state index in [1.807, 2.05) is 67.4 Å². The summed E-state index contributed by atoms with van der Waals surface area (Å²) in [5.74, 6) is 0.150. The van der Waals surface area contributed by atoms with Crippen molar-refractivity contribution in [1.82, 2.24) is 14.4 Å². The molecule has 1 unspecified atom stereocenters. The van der Waals surface area contributed by atoms with Gasteiger partial charge < -0.3 is 19.1 Å². The van der Waals surface area contributed by atoms with Gasteiger partial charge >= 0.3 is 0 Å². The number of para-hydroxylation sites is 1. The lowest BCUT2D eigenvalue weighted by Crippen LogP contribution is -2.50. The number of rotatable bonds is 12. The minimum Gasteiger partial charge on any atom is -0.484 e. The van der Waals surface area contributed by atoms with Crippen molar-refractivity contribution < 1.29 is 18.7 Å². The number of amides is 2. The smallest absolute Gasteiger partial charge is 0.261 e. The summed E-state index contributed by atoms with van der Waals surface area (Å²) in [5, 5.41) is 0. The van der Waals surface area contributed by atoms with Crippen molar-refractivity contribution in [3.05, 3.63) is 90.0 Å². The molecule has 2 aromatic carbocycles. The number of hydrogen-bond donors (Lipinski definition) is 0. The molecule has 1 aliphatic rings. The maximum absolute atomic E-state index is 13.9. The van der Waals surface area contributed by atoms with E-state index in [1.54, 1.807) is 17.0 Å². The lowest BCUT2D eigenvalue weighted by Gasteiger charge is -2.37. The maximum Gasteiger partial charge on any atom is 0.261 e. The van der Waals surface area contributed by atoms with Crippen molar-refractivity contribution in [3.63, 3.8) is 0 Å². The lowest BCUT2D eigenvalue weighted by molar-refractivity contribution is -0.145. The third-order valence-electron chi connectivity index (χ3n) is 7.71. The van der Waals surface area contributed by atoms with Crippen LogP contribution in [0.2, 0.25) is 0 Å². The van der Waals surface area contributed by atoms with Crippen LogP contribution >= 0.6 is 0 Å². The van der Waals surface area contributed by atoms with Crippen molar-refractivity contribution in [2.24, 2.45) is 0 Å². The SMILES string of the molecule is CCC(C)N(CC(=O)N(Cc1cccn1Cc1ccc(F)cc1)C1CCCCC1)C(=O)COc1ccccc1. The largest absolute Gasteiger partial charge is 0.484 e. The Morgan fingerprint density at radius 3 is 2.38 bits per heavy atom. The Balaban J connectivity index is 1.49. The summed E-state index contributed by atoms with van der Waals surface area (Å²) in [5.41, 5.74) is 2.02. The van der Waals surface area contributed by atoms with Crippen molar-refractivity contribution in [3.8, 4) is 5.75 Å². The van der Waals surface area contributed by atoms with Crippen LogP contribution in [-0.2, 0) is 22.7 Å². The van der Waals surface area contributed by atoms with E-state index < -0.39 is 0 Å². The third kappa shape index (κ3) is 7.94. The topological polar surface area (TPSA) is 54.8 Å². The zero-order chi connectivity index (χ0) is 27.6. The molecular formula is C32H40FN3O3. The van der Waals surface area contributed by atoms with Gasteiger partial charge in [0, 0.05) is 30.5 Å². The summed E-state index contributed by atoms with van der Waals surface area (Å²) in [7, 11) is 0. The minimum atomic E-state index is -0.255. The molecule has 1 aromatic heterocycles. The second-order valence-corrected chi connectivity index (χ2v) is 10.4. The van der Waals surface area contributed by atoms with E-state index in [0.29, 0.717) is 18.8 Å². The Morgan fingerprint density at radius 1 is 0.974 bits per heavy atom. The normalized spacial score (nSPS) is 14.5. The molecule has 3 aromatic rings. The summed E-state index contributed by atoms with van der Waals surface area (Å²) in [6.07, 6.45) is 8.08. The molecule has 0 spiro atoms. The van der Waals surface area contributed by atoms with Gasteiger partial charge in [0.25, 0.3) is 5.91 Å². The fourth-order valence-corrected chi connectivity index (χ4v) is 5.21. The van der Waals surface area contributed by atoms with Gasteiger partial charge in [0.15, 0.2) is 6.61 Å². The van der Waals surface area contributed by atoms with Crippen LogP contribution in [0.3, 0.4) is 0 Å². The van der Waals surface area contributed by atoms with Gasteiger partial charge in [-0.1, -0.05) is 56.5 Å². The average molecular weight is 534 g/mol. The Morgan fingerprint density at radius 2 is 1.69 bits per heavy atom. The van der Waals surface area contributed by atoms with Gasteiger partial charge in [-0.05, 0) is 68.1 Å². The van der Waals surface area contributed by atoms with E-state index in [4.69, 9.17) is 4.74 Å². The number of aromatic nitrogens is 1. The first-order valence-electron chi connectivity index (χ1n) is 14.1. The first-order valence-corrected chi connectivity index (χ1v) is 14.1. The molecule has 0 N–H and O–H groups in total. The molecule has 7 heteroatoms. The summed E-state index contributed by atoms with van der Waals surface area (Å²) < 4.78 is 21.2. The van der Waals surface area contributed by atoms with E-state index >= 15 is 0 Å². The fraction of sp³-hybridized carbons (Fsp3) is 0.438. The molecule has 1 atom stereocenters. The minimum absolute atomic E-state index is 0.0289. The number of carbonyl (C=O) groups excluding carboxylic acids is 2. The Hall–Kier alpha value is -3.61. The van der Waals surface area contributed by atoms with Crippen molar-refractivity contribution in [1.29, 1.82) is 0 Å². The van der Waals surface area contributed by atoms with Crippen molar-refractivity contribution in [2.45, 2.75) is 77.5 Å². The van der Waals surface area contributed by atoms with E-state index in [-0.39, 0.29) is 42.9 Å². The van der Waals surface area contributed by atoms with Crippen molar-refractivity contribution in [2.75, 3.05) is 13.2 Å². The average Bonchev–Trinajstić information content (AvgIpc) is 3.41. The summed E-state index contributed by atoms with van der Waals surface area (Å²) in [4.78, 5) is 30.8. The second-order valence-electron chi connectivity index (χ2n) is 10.4. The van der Waals surface area contributed by atoms with Crippen LogP contribution in [0, 0.1) is 5.82 Å². The molecule has 6 nitrogen and oxygen atoms in total. The van der Waals surface area contributed by atoms with Crippen LogP contribution in [0.5, 0.6) is 5.75 Å². The van der Waals surface area contributed by atoms with Gasteiger partial charge in [0.1, 0.15) is 18.1 Å². The number of hydrogen-bond acceptors (Lipinski definition) is 3. The number of nitrogens with zero attached hydrogens (tertiary/aromatic N) is 3. The number of carbonyl (C=O) groups is 2. The standard InChI is InChI=1S/C32H40FN3O3/c1-3-25(2)35(32(38)24-39-30-14-8-5-9-15-30)23-31(37)36(28-11-6-4-7-12-28)22-29-13-10-20-34(29)21-26-16-18-27(33)19-17-26/h5,8-10,13-20,25,28H,3-4,6-7,11-12,21-24H2,1-2H3. The predicted octanol–water partition coefficient (Wildman–Crippen LogP) is 6.04. The van der Waals surface area contributed by atoms with Gasteiger partial charge in [-0.25, -0.2) is 4.39 Å². The van der Waals surface area contributed by atoms with E-state index in [0.717, 1.165) is 43.4 Å². The van der Waals surface area contributed by atoms with Crippen LogP contribution < -0.4 is 4.74 Å². The number of halogens is 1. The number of ether oxygens (including phenoxy) is 1. The molecule has 0 radical (unpaired) electrons. The summed E-state index contributed by atoms with van der Waals surface area (Å²) in [6.45, 7) is 5.00. The number of benzene rings is 2. The lowest BCUT2D eigenvalue weighted by atomic mass is 9.94. The zero-order valence-corrected chi connectivity index (χ0v) is 23.1. The predicted molar refractivity (Wildman–Crippen MR) is 151 cm³/mol. The molecule has 0 saturated heterocycles. The molecular weight excluding hydrogens is 493 g/mol. The Kier molecular flexibility index (Phi) is 10.2. The van der Waals surface area contributed by atoms with E-state index in [2.05, 4.69) is 4.57 Å². The molecule has 2 amide bonds. The van der Waals surface area contributed by atoms with Crippen LogP contribution in [0.15, 0.2) is 72.9 Å². The highest BCUT2D eigenvalue weighted by Gasteiger charge is 2.30. The highest BCUT2D eigenvalue weighted by Crippen LogP contribution is 2.25. The fourth-order valence-electron chi connectivity index (χ4n) is 5.21.